The Morgan fingerprint density at radius 3 is 2.50 bits per heavy atom. The quantitative estimate of drug-likeness (QED) is 0.837. The lowest BCUT2D eigenvalue weighted by Crippen LogP contribution is -2.35. The van der Waals surface area contributed by atoms with Crippen molar-refractivity contribution < 1.29 is 18.7 Å². The van der Waals surface area contributed by atoms with Gasteiger partial charge in [-0.3, -0.25) is 4.79 Å². The van der Waals surface area contributed by atoms with Gasteiger partial charge in [-0.1, -0.05) is 6.07 Å². The number of carboxylic acids is 1. The van der Waals surface area contributed by atoms with Crippen LogP contribution in [0.5, 0.6) is 0 Å². The van der Waals surface area contributed by atoms with E-state index >= 15 is 0 Å². The fourth-order valence-electron chi connectivity index (χ4n) is 1.73. The first-order valence-corrected chi connectivity index (χ1v) is 5.42. The van der Waals surface area contributed by atoms with Crippen LogP contribution in [0.1, 0.15) is 18.0 Å². The van der Waals surface area contributed by atoms with Crippen molar-refractivity contribution >= 4 is 5.97 Å². The van der Waals surface area contributed by atoms with Crippen LogP contribution in [-0.2, 0) is 4.79 Å². The molecule has 6 heteroatoms. The fourth-order valence-corrected chi connectivity index (χ4v) is 1.73. The maximum atomic E-state index is 13.7. The number of nitrogens with two attached hydrogens (primary N) is 1. The van der Waals surface area contributed by atoms with Gasteiger partial charge in [-0.2, -0.15) is 0 Å². The number of rotatable bonds is 5. The summed E-state index contributed by atoms with van der Waals surface area (Å²) in [6.07, 6.45) is 0.0465. The predicted molar refractivity (Wildman–Crippen MR) is 63.0 cm³/mol. The molecule has 2 atom stereocenters. The van der Waals surface area contributed by atoms with Crippen molar-refractivity contribution in [2.24, 2.45) is 5.73 Å². The molecule has 0 radical (unpaired) electrons. The summed E-state index contributed by atoms with van der Waals surface area (Å²) in [6.45, 7) is 0. The topological polar surface area (TPSA) is 66.6 Å². The normalized spacial score (nSPS) is 14.6. The van der Waals surface area contributed by atoms with Gasteiger partial charge in [-0.25, -0.2) is 8.78 Å². The second-order valence-electron chi connectivity index (χ2n) is 4.33. The number of carbonyl (C=O) groups is 1. The molecular weight excluding hydrogens is 242 g/mol. The molecule has 0 bridgehead atoms. The standard InChI is InChI=1S/C12H16F2N2O2/c1-16(2)11(6-10(15)12(17)18)8-4-3-7(13)5-9(8)14/h3-5,10-11H,6,15H2,1-2H3,(H,17,18). The number of hydrogen-bond acceptors (Lipinski definition) is 3. The Morgan fingerprint density at radius 1 is 1.44 bits per heavy atom. The van der Waals surface area contributed by atoms with Gasteiger partial charge in [-0.15, -0.1) is 0 Å². The highest BCUT2D eigenvalue weighted by atomic mass is 19.1. The first kappa shape index (κ1) is 14.5. The van der Waals surface area contributed by atoms with Crippen molar-refractivity contribution in [1.82, 2.24) is 4.90 Å². The van der Waals surface area contributed by atoms with Gasteiger partial charge in [0.05, 0.1) is 0 Å². The van der Waals surface area contributed by atoms with Crippen molar-refractivity contribution in [2.75, 3.05) is 14.1 Å². The average Bonchev–Trinajstić information content (AvgIpc) is 2.26. The molecule has 1 aromatic rings. The van der Waals surface area contributed by atoms with E-state index in [0.29, 0.717) is 0 Å². The molecule has 0 aliphatic carbocycles. The van der Waals surface area contributed by atoms with Crippen LogP contribution in [0.25, 0.3) is 0 Å². The number of benzene rings is 1. The maximum Gasteiger partial charge on any atom is 0.320 e. The monoisotopic (exact) mass is 258 g/mol. The molecule has 0 saturated carbocycles. The molecule has 0 saturated heterocycles. The first-order valence-electron chi connectivity index (χ1n) is 5.42. The van der Waals surface area contributed by atoms with E-state index in [2.05, 4.69) is 0 Å². The van der Waals surface area contributed by atoms with Crippen molar-refractivity contribution in [3.63, 3.8) is 0 Å². The summed E-state index contributed by atoms with van der Waals surface area (Å²) in [6, 6.07) is 1.61. The van der Waals surface area contributed by atoms with E-state index in [1.54, 1.807) is 19.0 Å². The molecule has 100 valence electrons. The smallest absolute Gasteiger partial charge is 0.320 e. The summed E-state index contributed by atoms with van der Waals surface area (Å²) in [5.41, 5.74) is 5.68. The molecular formula is C12H16F2N2O2. The largest absolute Gasteiger partial charge is 0.480 e. The van der Waals surface area contributed by atoms with Crippen LogP contribution in [0, 0.1) is 11.6 Å². The zero-order valence-corrected chi connectivity index (χ0v) is 10.2. The highest BCUT2D eigenvalue weighted by Gasteiger charge is 2.24. The third kappa shape index (κ3) is 3.48. The third-order valence-corrected chi connectivity index (χ3v) is 2.74. The first-order chi connectivity index (χ1) is 8.32. The number of hydrogen-bond donors (Lipinski definition) is 2. The molecule has 2 unspecified atom stereocenters. The van der Waals surface area contributed by atoms with Gasteiger partial charge in [0.25, 0.3) is 0 Å². The number of halogens is 2. The Balaban J connectivity index is 3.01. The summed E-state index contributed by atoms with van der Waals surface area (Å²) in [5, 5.41) is 8.78. The van der Waals surface area contributed by atoms with Crippen molar-refractivity contribution in [1.29, 1.82) is 0 Å². The number of nitrogens with zero attached hydrogens (tertiary/aromatic N) is 1. The molecule has 0 fully saturated rings. The van der Waals surface area contributed by atoms with Gasteiger partial charge < -0.3 is 15.7 Å². The minimum atomic E-state index is -1.15. The second kappa shape index (κ2) is 5.88. The minimum absolute atomic E-state index is 0.0465. The van der Waals surface area contributed by atoms with E-state index in [4.69, 9.17) is 10.8 Å². The van der Waals surface area contributed by atoms with Gasteiger partial charge in [0.2, 0.25) is 0 Å². The molecule has 0 aromatic heterocycles. The van der Waals surface area contributed by atoms with Crippen LogP contribution in [0.4, 0.5) is 8.78 Å². The third-order valence-electron chi connectivity index (χ3n) is 2.74. The van der Waals surface area contributed by atoms with E-state index < -0.39 is 29.7 Å². The summed E-state index contributed by atoms with van der Waals surface area (Å²) in [5.74, 6) is -2.52. The lowest BCUT2D eigenvalue weighted by atomic mass is 9.98. The summed E-state index contributed by atoms with van der Waals surface area (Å²) in [4.78, 5) is 12.4. The highest BCUT2D eigenvalue weighted by molar-refractivity contribution is 5.73. The molecule has 0 aliphatic rings. The van der Waals surface area contributed by atoms with Gasteiger partial charge >= 0.3 is 5.97 Å². The van der Waals surface area contributed by atoms with Crippen LogP contribution in [0.2, 0.25) is 0 Å². The van der Waals surface area contributed by atoms with Crippen LogP contribution >= 0.6 is 0 Å². The lowest BCUT2D eigenvalue weighted by molar-refractivity contribution is -0.139. The molecule has 0 amide bonds. The SMILES string of the molecule is CN(C)C(CC(N)C(=O)O)c1ccc(F)cc1F. The Labute approximate surface area is 104 Å². The molecule has 18 heavy (non-hydrogen) atoms. The van der Waals surface area contributed by atoms with Gasteiger partial charge in [0.15, 0.2) is 0 Å². The van der Waals surface area contributed by atoms with Crippen LogP contribution in [-0.4, -0.2) is 36.1 Å². The Morgan fingerprint density at radius 2 is 2.06 bits per heavy atom. The van der Waals surface area contributed by atoms with Gasteiger partial charge in [0.1, 0.15) is 17.7 Å². The Hall–Kier alpha value is -1.53. The summed E-state index contributed by atoms with van der Waals surface area (Å²) in [7, 11) is 3.37. The molecule has 3 N–H and O–H groups in total. The summed E-state index contributed by atoms with van der Waals surface area (Å²) >= 11 is 0. The van der Waals surface area contributed by atoms with Gasteiger partial charge in [-0.05, 0) is 26.6 Å². The van der Waals surface area contributed by atoms with Crippen LogP contribution < -0.4 is 5.73 Å². The predicted octanol–water partition coefficient (Wildman–Crippen LogP) is 1.37. The minimum Gasteiger partial charge on any atom is -0.480 e. The molecule has 0 spiro atoms. The molecule has 0 aliphatic heterocycles. The van der Waals surface area contributed by atoms with Crippen molar-refractivity contribution in [3.8, 4) is 0 Å². The van der Waals surface area contributed by atoms with Gasteiger partial charge in [0, 0.05) is 17.7 Å². The molecule has 0 heterocycles. The van der Waals surface area contributed by atoms with Crippen LogP contribution in [0.15, 0.2) is 18.2 Å². The molecule has 1 rings (SSSR count). The van der Waals surface area contributed by atoms with Crippen molar-refractivity contribution in [3.05, 3.63) is 35.4 Å². The Kier molecular flexibility index (Phi) is 4.75. The zero-order valence-electron chi connectivity index (χ0n) is 10.2. The molecule has 1 aromatic carbocycles. The average molecular weight is 258 g/mol. The number of aliphatic carboxylic acids is 1. The Bertz CT molecular complexity index is 438. The maximum absolute atomic E-state index is 13.7. The van der Waals surface area contributed by atoms with E-state index in [1.807, 2.05) is 0 Å². The zero-order chi connectivity index (χ0) is 13.9. The van der Waals surface area contributed by atoms with E-state index in [9.17, 15) is 13.6 Å². The fraction of sp³-hybridized carbons (Fsp3) is 0.417. The highest BCUT2D eigenvalue weighted by Crippen LogP contribution is 2.26. The van der Waals surface area contributed by atoms with E-state index in [1.165, 1.54) is 6.07 Å². The lowest BCUT2D eigenvalue weighted by Gasteiger charge is -2.26. The number of carboxylic acid groups (broad SMARTS) is 1. The summed E-state index contributed by atoms with van der Waals surface area (Å²) < 4.78 is 26.5. The molecule has 4 nitrogen and oxygen atoms in total. The van der Waals surface area contributed by atoms with E-state index in [-0.39, 0.29) is 12.0 Å². The van der Waals surface area contributed by atoms with Crippen molar-refractivity contribution in [2.45, 2.75) is 18.5 Å². The van der Waals surface area contributed by atoms with E-state index in [0.717, 1.165) is 12.1 Å². The van der Waals surface area contributed by atoms with Crippen LogP contribution in [0.3, 0.4) is 0 Å². The second-order valence-corrected chi connectivity index (χ2v) is 4.33.